The molecular weight excluding hydrogens is 358 g/mol. The van der Waals surface area contributed by atoms with E-state index in [0.717, 1.165) is 35.9 Å². The number of carbonyl (C=O) groups is 1. The van der Waals surface area contributed by atoms with Gasteiger partial charge in [0.25, 0.3) is 5.91 Å². The first-order chi connectivity index (χ1) is 13.4. The quantitative estimate of drug-likeness (QED) is 0.593. The van der Waals surface area contributed by atoms with Gasteiger partial charge in [-0.25, -0.2) is 8.78 Å². The van der Waals surface area contributed by atoms with E-state index in [2.05, 4.69) is 0 Å². The summed E-state index contributed by atoms with van der Waals surface area (Å²) in [6.07, 6.45) is 3.63. The van der Waals surface area contributed by atoms with Crippen molar-refractivity contribution in [1.29, 1.82) is 0 Å². The van der Waals surface area contributed by atoms with Crippen LogP contribution in [0.25, 0.3) is 0 Å². The van der Waals surface area contributed by atoms with E-state index in [-0.39, 0.29) is 5.56 Å². The van der Waals surface area contributed by atoms with E-state index in [4.69, 9.17) is 0 Å². The van der Waals surface area contributed by atoms with Crippen molar-refractivity contribution in [2.45, 2.75) is 33.6 Å². The summed E-state index contributed by atoms with van der Waals surface area (Å²) < 4.78 is 27.8. The molecule has 0 fully saturated rings. The number of benzene rings is 2. The fraction of sp³-hybridized carbons (Fsp3) is 0.348. The molecule has 3 nitrogen and oxygen atoms in total. The number of allylic oxidation sites excluding steroid dienone is 1. The van der Waals surface area contributed by atoms with Crippen molar-refractivity contribution >= 4 is 11.6 Å². The van der Waals surface area contributed by atoms with Gasteiger partial charge in [-0.15, -0.1) is 0 Å². The van der Waals surface area contributed by atoms with Crippen molar-refractivity contribution < 1.29 is 13.6 Å². The van der Waals surface area contributed by atoms with Crippen LogP contribution in [-0.2, 0) is 0 Å². The van der Waals surface area contributed by atoms with Crippen LogP contribution in [0.15, 0.2) is 54.2 Å². The molecule has 0 unspecified atom stereocenters. The summed E-state index contributed by atoms with van der Waals surface area (Å²) in [6, 6.07) is 11.7. The molecule has 5 heteroatoms. The molecule has 0 aromatic heterocycles. The van der Waals surface area contributed by atoms with Gasteiger partial charge in [-0.05, 0) is 44.0 Å². The first-order valence-corrected chi connectivity index (χ1v) is 9.58. The Hall–Kier alpha value is -2.69. The lowest BCUT2D eigenvalue weighted by Crippen LogP contribution is -2.37. The predicted octanol–water partition coefficient (Wildman–Crippen LogP) is 5.56. The molecule has 0 radical (unpaired) electrons. The number of anilines is 1. The Kier molecular flexibility index (Phi) is 7.73. The minimum Gasteiger partial charge on any atom is -0.347 e. The molecule has 0 atom stereocenters. The summed E-state index contributed by atoms with van der Waals surface area (Å²) in [7, 11) is 1.95. The van der Waals surface area contributed by atoms with Crippen LogP contribution in [0, 0.1) is 18.6 Å². The maximum absolute atomic E-state index is 14.2. The minimum atomic E-state index is -1.09. The zero-order valence-electron chi connectivity index (χ0n) is 17.0. The van der Waals surface area contributed by atoms with Crippen molar-refractivity contribution in [2.75, 3.05) is 25.0 Å². The largest absolute Gasteiger partial charge is 0.347 e. The molecule has 150 valence electrons. The molecule has 2 rings (SSSR count). The standard InChI is InChI=1S/C23H28F2N2O/c1-5-7-15-27(23(28)19-12-10-13-20(24)22(19)25)16-18(6-2)26(4)21-14-9-8-11-17(21)3/h6,8-14H,5,7,15-16H2,1-4H3/b18-6+. The van der Waals surface area contributed by atoms with Crippen LogP contribution in [0.2, 0.25) is 0 Å². The number of hydrogen-bond donors (Lipinski definition) is 0. The molecule has 0 saturated carbocycles. The van der Waals surface area contributed by atoms with E-state index in [1.165, 1.54) is 12.1 Å². The molecule has 0 N–H and O–H groups in total. The summed E-state index contributed by atoms with van der Waals surface area (Å²) >= 11 is 0. The number of nitrogens with zero attached hydrogens (tertiary/aromatic N) is 2. The fourth-order valence-electron chi connectivity index (χ4n) is 3.12. The highest BCUT2D eigenvalue weighted by molar-refractivity contribution is 5.94. The number of amides is 1. The zero-order chi connectivity index (χ0) is 20.7. The van der Waals surface area contributed by atoms with Crippen LogP contribution in [0.4, 0.5) is 14.5 Å². The van der Waals surface area contributed by atoms with Crippen LogP contribution in [0.3, 0.4) is 0 Å². The molecule has 2 aromatic carbocycles. The molecule has 2 aromatic rings. The van der Waals surface area contributed by atoms with Gasteiger partial charge >= 0.3 is 0 Å². The summed E-state index contributed by atoms with van der Waals surface area (Å²) in [6.45, 7) is 6.76. The van der Waals surface area contributed by atoms with Crippen molar-refractivity contribution in [3.63, 3.8) is 0 Å². The van der Waals surface area contributed by atoms with Gasteiger partial charge in [-0.3, -0.25) is 4.79 Å². The van der Waals surface area contributed by atoms with E-state index in [1.807, 2.05) is 63.1 Å². The van der Waals surface area contributed by atoms with Crippen molar-refractivity contribution in [1.82, 2.24) is 4.90 Å². The van der Waals surface area contributed by atoms with Crippen LogP contribution in [0.1, 0.15) is 42.6 Å². The second-order valence-corrected chi connectivity index (χ2v) is 6.81. The molecule has 0 heterocycles. The third-order valence-electron chi connectivity index (χ3n) is 4.84. The second-order valence-electron chi connectivity index (χ2n) is 6.81. The molecule has 1 amide bonds. The van der Waals surface area contributed by atoms with Gasteiger partial charge in [-0.1, -0.05) is 43.7 Å². The van der Waals surface area contributed by atoms with Crippen molar-refractivity contribution in [3.8, 4) is 0 Å². The first kappa shape index (κ1) is 21.6. The smallest absolute Gasteiger partial charge is 0.257 e. The monoisotopic (exact) mass is 386 g/mol. The molecule has 0 aliphatic rings. The SMILES string of the molecule is C/C=C(\CN(CCCC)C(=O)c1cccc(F)c1F)N(C)c1ccccc1C. The van der Waals surface area contributed by atoms with Gasteiger partial charge in [0, 0.05) is 25.0 Å². The van der Waals surface area contributed by atoms with Crippen molar-refractivity contribution in [2.24, 2.45) is 0 Å². The molecule has 28 heavy (non-hydrogen) atoms. The summed E-state index contributed by atoms with van der Waals surface area (Å²) in [5, 5.41) is 0. The van der Waals surface area contributed by atoms with Gasteiger partial charge < -0.3 is 9.80 Å². The number of unbranched alkanes of at least 4 members (excludes halogenated alkanes) is 1. The Labute approximate surface area is 166 Å². The predicted molar refractivity (Wildman–Crippen MR) is 111 cm³/mol. The normalized spacial score (nSPS) is 11.4. The number of likely N-dealkylation sites (N-methyl/N-ethyl adjacent to an activating group) is 1. The van der Waals surface area contributed by atoms with Gasteiger partial charge in [-0.2, -0.15) is 0 Å². The average molecular weight is 386 g/mol. The molecule has 0 aliphatic heterocycles. The summed E-state index contributed by atoms with van der Waals surface area (Å²) in [5.41, 5.74) is 2.84. The first-order valence-electron chi connectivity index (χ1n) is 9.58. The van der Waals surface area contributed by atoms with Gasteiger partial charge in [0.2, 0.25) is 0 Å². The average Bonchev–Trinajstić information content (AvgIpc) is 2.70. The fourth-order valence-corrected chi connectivity index (χ4v) is 3.12. The van der Waals surface area contributed by atoms with E-state index < -0.39 is 17.5 Å². The lowest BCUT2D eigenvalue weighted by molar-refractivity contribution is 0.0761. The van der Waals surface area contributed by atoms with Gasteiger partial charge in [0.05, 0.1) is 12.1 Å². The maximum atomic E-state index is 14.2. The number of halogens is 2. The van der Waals surface area contributed by atoms with E-state index >= 15 is 0 Å². The number of aryl methyl sites for hydroxylation is 1. The van der Waals surface area contributed by atoms with E-state index in [1.54, 1.807) is 4.90 Å². The third kappa shape index (κ3) is 4.97. The number of carbonyl (C=O) groups excluding carboxylic acids is 1. The van der Waals surface area contributed by atoms with Gasteiger partial charge in [0.15, 0.2) is 11.6 Å². The van der Waals surface area contributed by atoms with Crippen LogP contribution in [0.5, 0.6) is 0 Å². The van der Waals surface area contributed by atoms with Crippen molar-refractivity contribution in [3.05, 3.63) is 77.0 Å². The Balaban J connectivity index is 2.30. The highest BCUT2D eigenvalue weighted by Crippen LogP contribution is 2.23. The lowest BCUT2D eigenvalue weighted by Gasteiger charge is -2.30. The summed E-state index contributed by atoms with van der Waals surface area (Å²) in [4.78, 5) is 16.6. The topological polar surface area (TPSA) is 23.6 Å². The van der Waals surface area contributed by atoms with E-state index in [0.29, 0.717) is 13.1 Å². The summed E-state index contributed by atoms with van der Waals surface area (Å²) in [5.74, 6) is -2.60. The molecule has 0 aliphatic carbocycles. The zero-order valence-corrected chi connectivity index (χ0v) is 17.0. The van der Waals surface area contributed by atoms with Gasteiger partial charge in [0.1, 0.15) is 0 Å². The molecule has 0 saturated heterocycles. The van der Waals surface area contributed by atoms with E-state index in [9.17, 15) is 13.6 Å². The second kappa shape index (κ2) is 10.0. The van der Waals surface area contributed by atoms with Crippen LogP contribution >= 0.6 is 0 Å². The Morgan fingerprint density at radius 3 is 2.46 bits per heavy atom. The lowest BCUT2D eigenvalue weighted by atomic mass is 10.1. The Morgan fingerprint density at radius 1 is 1.11 bits per heavy atom. The third-order valence-corrected chi connectivity index (χ3v) is 4.84. The molecule has 0 spiro atoms. The number of rotatable bonds is 8. The number of hydrogen-bond acceptors (Lipinski definition) is 2. The number of para-hydroxylation sites is 1. The highest BCUT2D eigenvalue weighted by atomic mass is 19.2. The minimum absolute atomic E-state index is 0.231. The van der Waals surface area contributed by atoms with Crippen LogP contribution in [-0.4, -0.2) is 30.9 Å². The Morgan fingerprint density at radius 2 is 1.82 bits per heavy atom. The highest BCUT2D eigenvalue weighted by Gasteiger charge is 2.23. The Bertz CT molecular complexity index is 848. The van der Waals surface area contributed by atoms with Crippen LogP contribution < -0.4 is 4.90 Å². The molecule has 0 bridgehead atoms. The maximum Gasteiger partial charge on any atom is 0.257 e. The molecular formula is C23H28F2N2O.